The van der Waals surface area contributed by atoms with Crippen LogP contribution in [0.3, 0.4) is 0 Å². The van der Waals surface area contributed by atoms with E-state index in [0.717, 1.165) is 18.5 Å². The molecule has 0 unspecified atom stereocenters. The maximum absolute atomic E-state index is 9.12. The van der Waals surface area contributed by atoms with E-state index in [-0.39, 0.29) is 0 Å². The van der Waals surface area contributed by atoms with Gasteiger partial charge in [0.2, 0.25) is 0 Å². The molecule has 0 spiro atoms. The van der Waals surface area contributed by atoms with Gasteiger partial charge in [-0.05, 0) is 13.3 Å². The standard InChI is InChI=1S/C12H14N6/c1-3-4-10-9(6-13)12(14)18(17-10)11-5-8(2)15-7-16-11/h5,7H,3-4,14H2,1-2H3. The molecule has 0 aromatic carbocycles. The third kappa shape index (κ3) is 2.02. The van der Waals surface area contributed by atoms with Gasteiger partial charge >= 0.3 is 0 Å². The van der Waals surface area contributed by atoms with Crippen molar-refractivity contribution >= 4 is 5.82 Å². The highest BCUT2D eigenvalue weighted by molar-refractivity contribution is 5.55. The number of nitrogens with two attached hydrogens (primary N) is 1. The summed E-state index contributed by atoms with van der Waals surface area (Å²) >= 11 is 0. The summed E-state index contributed by atoms with van der Waals surface area (Å²) in [6, 6.07) is 3.88. The number of aromatic nitrogens is 4. The molecule has 6 nitrogen and oxygen atoms in total. The van der Waals surface area contributed by atoms with Crippen molar-refractivity contribution in [3.63, 3.8) is 0 Å². The quantitative estimate of drug-likeness (QED) is 0.877. The average Bonchev–Trinajstić information content (AvgIpc) is 2.66. The summed E-state index contributed by atoms with van der Waals surface area (Å²) in [5.41, 5.74) is 7.92. The lowest BCUT2D eigenvalue weighted by molar-refractivity contribution is 0.790. The molecule has 0 amide bonds. The molecule has 2 N–H and O–H groups in total. The molecule has 18 heavy (non-hydrogen) atoms. The minimum Gasteiger partial charge on any atom is -0.382 e. The van der Waals surface area contributed by atoms with E-state index in [2.05, 4.69) is 21.1 Å². The first kappa shape index (κ1) is 12.0. The summed E-state index contributed by atoms with van der Waals surface area (Å²) in [6.07, 6.45) is 3.09. The Bertz CT molecular complexity index is 608. The van der Waals surface area contributed by atoms with Crippen LogP contribution in [-0.4, -0.2) is 19.7 Å². The van der Waals surface area contributed by atoms with Crippen LogP contribution in [0.25, 0.3) is 5.82 Å². The Labute approximate surface area is 105 Å². The number of anilines is 1. The van der Waals surface area contributed by atoms with Gasteiger partial charge in [0.05, 0.1) is 5.69 Å². The van der Waals surface area contributed by atoms with E-state index >= 15 is 0 Å². The minimum absolute atomic E-state index is 0.332. The fourth-order valence-corrected chi connectivity index (χ4v) is 1.74. The van der Waals surface area contributed by atoms with Crippen molar-refractivity contribution in [3.05, 3.63) is 29.3 Å². The maximum Gasteiger partial charge on any atom is 0.159 e. The summed E-state index contributed by atoms with van der Waals surface area (Å²) in [6.45, 7) is 3.90. The molecule has 0 saturated carbocycles. The van der Waals surface area contributed by atoms with Crippen molar-refractivity contribution in [2.24, 2.45) is 0 Å². The summed E-state index contributed by atoms with van der Waals surface area (Å²) in [5.74, 6) is 0.915. The van der Waals surface area contributed by atoms with E-state index in [1.54, 1.807) is 6.07 Å². The van der Waals surface area contributed by atoms with Gasteiger partial charge in [-0.25, -0.2) is 9.97 Å². The number of aryl methyl sites for hydroxylation is 2. The van der Waals surface area contributed by atoms with E-state index < -0.39 is 0 Å². The van der Waals surface area contributed by atoms with Gasteiger partial charge in [-0.3, -0.25) is 0 Å². The average molecular weight is 242 g/mol. The second kappa shape index (κ2) is 4.84. The predicted molar refractivity (Wildman–Crippen MR) is 67.0 cm³/mol. The number of hydrogen-bond donors (Lipinski definition) is 1. The van der Waals surface area contributed by atoms with Gasteiger partial charge in [0, 0.05) is 11.8 Å². The molecule has 92 valence electrons. The molecule has 0 saturated heterocycles. The van der Waals surface area contributed by atoms with Crippen LogP contribution in [0.1, 0.15) is 30.3 Å². The van der Waals surface area contributed by atoms with Crippen molar-refractivity contribution in [3.8, 4) is 11.9 Å². The lowest BCUT2D eigenvalue weighted by atomic mass is 10.2. The Morgan fingerprint density at radius 1 is 1.44 bits per heavy atom. The van der Waals surface area contributed by atoms with Crippen LogP contribution in [0.4, 0.5) is 5.82 Å². The van der Waals surface area contributed by atoms with Gasteiger partial charge in [0.1, 0.15) is 23.8 Å². The third-order valence-corrected chi connectivity index (χ3v) is 2.60. The first-order valence-corrected chi connectivity index (χ1v) is 5.73. The van der Waals surface area contributed by atoms with Crippen molar-refractivity contribution in [2.45, 2.75) is 26.7 Å². The Balaban J connectivity index is 2.56. The Hall–Kier alpha value is -2.42. The zero-order valence-corrected chi connectivity index (χ0v) is 10.4. The molecule has 2 heterocycles. The normalized spacial score (nSPS) is 10.3. The molecular formula is C12H14N6. The van der Waals surface area contributed by atoms with Crippen molar-refractivity contribution in [2.75, 3.05) is 5.73 Å². The Morgan fingerprint density at radius 3 is 2.83 bits per heavy atom. The Morgan fingerprint density at radius 2 is 2.22 bits per heavy atom. The molecule has 2 aromatic rings. The second-order valence-electron chi connectivity index (χ2n) is 4.00. The van der Waals surface area contributed by atoms with Gasteiger partial charge in [-0.15, -0.1) is 0 Å². The molecular weight excluding hydrogens is 228 g/mol. The third-order valence-electron chi connectivity index (χ3n) is 2.60. The van der Waals surface area contributed by atoms with E-state index in [4.69, 9.17) is 11.0 Å². The molecule has 0 fully saturated rings. The van der Waals surface area contributed by atoms with Crippen LogP contribution >= 0.6 is 0 Å². The lowest BCUT2D eigenvalue weighted by Crippen LogP contribution is -2.05. The fourth-order valence-electron chi connectivity index (χ4n) is 1.74. The molecule has 6 heteroatoms. The molecule has 0 aliphatic heterocycles. The number of hydrogen-bond acceptors (Lipinski definition) is 5. The van der Waals surface area contributed by atoms with Crippen LogP contribution in [0.2, 0.25) is 0 Å². The largest absolute Gasteiger partial charge is 0.382 e. The lowest BCUT2D eigenvalue weighted by Gasteiger charge is -2.02. The summed E-state index contributed by atoms with van der Waals surface area (Å²) in [5, 5.41) is 13.5. The smallest absolute Gasteiger partial charge is 0.159 e. The molecule has 0 aliphatic rings. The van der Waals surface area contributed by atoms with Gasteiger partial charge in [-0.2, -0.15) is 15.0 Å². The van der Waals surface area contributed by atoms with Crippen molar-refractivity contribution in [1.82, 2.24) is 19.7 Å². The van der Waals surface area contributed by atoms with E-state index in [1.807, 2.05) is 13.8 Å². The molecule has 0 radical (unpaired) electrons. The van der Waals surface area contributed by atoms with Crippen molar-refractivity contribution < 1.29 is 0 Å². The SMILES string of the molecule is CCCc1nn(-c2cc(C)ncn2)c(N)c1C#N. The van der Waals surface area contributed by atoms with Crippen LogP contribution < -0.4 is 5.73 Å². The molecule has 2 rings (SSSR count). The number of nitriles is 1. The minimum atomic E-state index is 0.332. The van der Waals surface area contributed by atoms with Gasteiger partial charge in [-0.1, -0.05) is 13.3 Å². The number of nitrogens with zero attached hydrogens (tertiary/aromatic N) is 5. The highest BCUT2D eigenvalue weighted by atomic mass is 15.3. The van der Waals surface area contributed by atoms with E-state index in [0.29, 0.717) is 22.9 Å². The second-order valence-corrected chi connectivity index (χ2v) is 4.00. The van der Waals surface area contributed by atoms with Crippen LogP contribution in [0.5, 0.6) is 0 Å². The van der Waals surface area contributed by atoms with Gasteiger partial charge < -0.3 is 5.73 Å². The molecule has 0 atom stereocenters. The first-order valence-electron chi connectivity index (χ1n) is 5.73. The van der Waals surface area contributed by atoms with E-state index in [9.17, 15) is 0 Å². The first-order chi connectivity index (χ1) is 8.67. The summed E-state index contributed by atoms with van der Waals surface area (Å²) < 4.78 is 1.50. The topological polar surface area (TPSA) is 93.4 Å². The van der Waals surface area contributed by atoms with Crippen LogP contribution in [-0.2, 0) is 6.42 Å². The maximum atomic E-state index is 9.12. The molecule has 2 aromatic heterocycles. The Kier molecular flexibility index (Phi) is 3.24. The molecule has 0 bridgehead atoms. The van der Waals surface area contributed by atoms with Gasteiger partial charge in [0.15, 0.2) is 5.82 Å². The number of rotatable bonds is 3. The zero-order valence-electron chi connectivity index (χ0n) is 10.4. The fraction of sp³-hybridized carbons (Fsp3) is 0.333. The number of nitrogen functional groups attached to an aromatic ring is 1. The van der Waals surface area contributed by atoms with Crippen LogP contribution in [0, 0.1) is 18.3 Å². The summed E-state index contributed by atoms with van der Waals surface area (Å²) in [4.78, 5) is 8.14. The summed E-state index contributed by atoms with van der Waals surface area (Å²) in [7, 11) is 0. The van der Waals surface area contributed by atoms with Crippen molar-refractivity contribution in [1.29, 1.82) is 5.26 Å². The van der Waals surface area contributed by atoms with Gasteiger partial charge in [0.25, 0.3) is 0 Å². The zero-order chi connectivity index (χ0) is 13.1. The highest BCUT2D eigenvalue weighted by Gasteiger charge is 2.16. The van der Waals surface area contributed by atoms with Crippen LogP contribution in [0.15, 0.2) is 12.4 Å². The monoisotopic (exact) mass is 242 g/mol. The highest BCUT2D eigenvalue weighted by Crippen LogP contribution is 2.20. The molecule has 0 aliphatic carbocycles. The van der Waals surface area contributed by atoms with E-state index in [1.165, 1.54) is 11.0 Å². The predicted octanol–water partition coefficient (Wildman–Crippen LogP) is 1.38.